The molecule has 0 radical (unpaired) electrons. The largest absolute Gasteiger partial charge is 0.328 e. The van der Waals surface area contributed by atoms with E-state index >= 15 is 0 Å². The van der Waals surface area contributed by atoms with Crippen molar-refractivity contribution in [1.29, 1.82) is 0 Å². The zero-order valence-electron chi connectivity index (χ0n) is 10.6. The monoisotopic (exact) mass is 229 g/mol. The fourth-order valence-electron chi connectivity index (χ4n) is 1.92. The van der Waals surface area contributed by atoms with Crippen molar-refractivity contribution in [1.82, 2.24) is 9.55 Å². The maximum atomic E-state index is 5.91. The molecular formula is C14H19N3. The van der Waals surface area contributed by atoms with Crippen LogP contribution in [-0.4, -0.2) is 9.55 Å². The molecule has 0 saturated heterocycles. The van der Waals surface area contributed by atoms with Gasteiger partial charge in [0.2, 0.25) is 0 Å². The third kappa shape index (κ3) is 2.39. The molecule has 2 aromatic rings. The van der Waals surface area contributed by atoms with Gasteiger partial charge in [-0.3, -0.25) is 0 Å². The van der Waals surface area contributed by atoms with Crippen LogP contribution in [0.15, 0.2) is 36.8 Å². The van der Waals surface area contributed by atoms with Crippen molar-refractivity contribution in [3.63, 3.8) is 0 Å². The van der Waals surface area contributed by atoms with Gasteiger partial charge in [-0.15, -0.1) is 0 Å². The molecule has 0 spiro atoms. The van der Waals surface area contributed by atoms with Gasteiger partial charge >= 0.3 is 0 Å². The maximum Gasteiger partial charge on any atom is 0.0953 e. The summed E-state index contributed by atoms with van der Waals surface area (Å²) in [6, 6.07) is 8.81. The minimum absolute atomic E-state index is 0.0605. The molecule has 0 aliphatic heterocycles. The second-order valence-corrected chi connectivity index (χ2v) is 4.69. The molecule has 2 N–H and O–H groups in total. The van der Waals surface area contributed by atoms with Crippen LogP contribution in [0.5, 0.6) is 0 Å². The Morgan fingerprint density at radius 2 is 2.00 bits per heavy atom. The normalized spacial score (nSPS) is 13.0. The van der Waals surface area contributed by atoms with Gasteiger partial charge in [0.15, 0.2) is 0 Å². The molecule has 3 heteroatoms. The van der Waals surface area contributed by atoms with Crippen LogP contribution < -0.4 is 5.73 Å². The van der Waals surface area contributed by atoms with E-state index in [9.17, 15) is 0 Å². The molecule has 0 bridgehead atoms. The van der Waals surface area contributed by atoms with E-state index in [0.29, 0.717) is 6.04 Å². The number of aromatic nitrogens is 2. The molecule has 0 aliphatic rings. The molecule has 0 fully saturated rings. The number of nitrogens with two attached hydrogens (primary N) is 1. The highest BCUT2D eigenvalue weighted by atomic mass is 15.1. The highest BCUT2D eigenvalue weighted by Gasteiger charge is 2.09. The lowest BCUT2D eigenvalue weighted by molar-refractivity contribution is 0.605. The first kappa shape index (κ1) is 11.9. The van der Waals surface area contributed by atoms with Crippen molar-refractivity contribution >= 4 is 0 Å². The van der Waals surface area contributed by atoms with E-state index in [-0.39, 0.29) is 6.04 Å². The van der Waals surface area contributed by atoms with E-state index in [1.807, 2.05) is 25.5 Å². The average molecular weight is 229 g/mol. The number of nitrogens with zero attached hydrogens (tertiary/aromatic N) is 2. The molecule has 0 aliphatic carbocycles. The molecule has 1 aromatic heterocycles. The van der Waals surface area contributed by atoms with Crippen LogP contribution in [0.4, 0.5) is 0 Å². The quantitative estimate of drug-likeness (QED) is 0.878. The van der Waals surface area contributed by atoms with Crippen LogP contribution in [0.3, 0.4) is 0 Å². The van der Waals surface area contributed by atoms with Crippen LogP contribution in [-0.2, 0) is 0 Å². The summed E-state index contributed by atoms with van der Waals surface area (Å²) in [5.74, 6) is 0. The molecule has 17 heavy (non-hydrogen) atoms. The molecule has 90 valence electrons. The molecule has 0 saturated carbocycles. The lowest BCUT2D eigenvalue weighted by Crippen LogP contribution is -2.05. The van der Waals surface area contributed by atoms with Gasteiger partial charge in [-0.2, -0.15) is 0 Å². The molecule has 3 nitrogen and oxygen atoms in total. The smallest absolute Gasteiger partial charge is 0.0953 e. The molecule has 0 amide bonds. The summed E-state index contributed by atoms with van der Waals surface area (Å²) in [5, 5.41) is 0. The molecular weight excluding hydrogens is 210 g/mol. The van der Waals surface area contributed by atoms with Crippen LogP contribution in [0, 0.1) is 0 Å². The van der Waals surface area contributed by atoms with E-state index < -0.39 is 0 Å². The number of imidazole rings is 1. The number of rotatable bonds is 3. The fraction of sp³-hybridized carbons (Fsp3) is 0.357. The van der Waals surface area contributed by atoms with Gasteiger partial charge < -0.3 is 10.3 Å². The fourth-order valence-corrected chi connectivity index (χ4v) is 1.92. The average Bonchev–Trinajstić information content (AvgIpc) is 2.78. The predicted molar refractivity (Wildman–Crippen MR) is 70.7 cm³/mol. The summed E-state index contributed by atoms with van der Waals surface area (Å²) in [4.78, 5) is 4.23. The molecule has 1 aromatic carbocycles. The zero-order valence-corrected chi connectivity index (χ0v) is 10.6. The second-order valence-electron chi connectivity index (χ2n) is 4.69. The highest BCUT2D eigenvalue weighted by molar-refractivity contribution is 5.60. The zero-order chi connectivity index (χ0) is 12.4. The van der Waals surface area contributed by atoms with Crippen molar-refractivity contribution in [2.45, 2.75) is 32.9 Å². The summed E-state index contributed by atoms with van der Waals surface area (Å²) < 4.78 is 2.17. The van der Waals surface area contributed by atoms with Crippen LogP contribution in [0.2, 0.25) is 0 Å². The van der Waals surface area contributed by atoms with Crippen molar-refractivity contribution in [3.05, 3.63) is 42.4 Å². The first-order valence-corrected chi connectivity index (χ1v) is 5.97. The van der Waals surface area contributed by atoms with E-state index in [1.54, 1.807) is 0 Å². The third-order valence-corrected chi connectivity index (χ3v) is 2.93. The van der Waals surface area contributed by atoms with Gasteiger partial charge in [0.1, 0.15) is 0 Å². The topological polar surface area (TPSA) is 43.8 Å². The van der Waals surface area contributed by atoms with E-state index in [2.05, 4.69) is 41.6 Å². The van der Waals surface area contributed by atoms with Gasteiger partial charge in [0.25, 0.3) is 0 Å². The Kier molecular flexibility index (Phi) is 3.29. The Hall–Kier alpha value is -1.61. The van der Waals surface area contributed by atoms with Crippen LogP contribution in [0.1, 0.15) is 38.4 Å². The van der Waals surface area contributed by atoms with Crippen LogP contribution >= 0.6 is 0 Å². The standard InChI is InChI=1S/C14H19N3/c1-10(2)17-9-16-8-14(17)13-6-4-5-12(7-13)11(3)15/h4-11H,15H2,1-3H3. The summed E-state index contributed by atoms with van der Waals surface area (Å²) >= 11 is 0. The number of hydrogen-bond donors (Lipinski definition) is 1. The predicted octanol–water partition coefficient (Wildman–Crippen LogP) is 3.15. The molecule has 2 rings (SSSR count). The maximum absolute atomic E-state index is 5.91. The Morgan fingerprint density at radius 3 is 2.65 bits per heavy atom. The van der Waals surface area contributed by atoms with Gasteiger partial charge in [-0.05, 0) is 32.4 Å². The van der Waals surface area contributed by atoms with Gasteiger partial charge in [-0.25, -0.2) is 4.98 Å². The summed E-state index contributed by atoms with van der Waals surface area (Å²) in [6.07, 6.45) is 3.78. The first-order chi connectivity index (χ1) is 8.09. The first-order valence-electron chi connectivity index (χ1n) is 5.97. The summed E-state index contributed by atoms with van der Waals surface area (Å²) in [5.41, 5.74) is 9.38. The lowest BCUT2D eigenvalue weighted by Gasteiger charge is -2.13. The third-order valence-electron chi connectivity index (χ3n) is 2.93. The lowest BCUT2D eigenvalue weighted by atomic mass is 10.0. The Labute approximate surface area is 102 Å². The van der Waals surface area contributed by atoms with Crippen molar-refractivity contribution in [3.8, 4) is 11.3 Å². The Morgan fingerprint density at radius 1 is 1.24 bits per heavy atom. The van der Waals surface area contributed by atoms with E-state index in [0.717, 1.165) is 11.3 Å². The number of benzene rings is 1. The van der Waals surface area contributed by atoms with Gasteiger partial charge in [0, 0.05) is 17.6 Å². The minimum Gasteiger partial charge on any atom is -0.328 e. The van der Waals surface area contributed by atoms with Crippen molar-refractivity contribution < 1.29 is 0 Å². The molecule has 1 heterocycles. The Balaban J connectivity index is 2.46. The number of hydrogen-bond acceptors (Lipinski definition) is 2. The summed E-state index contributed by atoms with van der Waals surface area (Å²) in [6.45, 7) is 6.31. The second kappa shape index (κ2) is 4.72. The summed E-state index contributed by atoms with van der Waals surface area (Å²) in [7, 11) is 0. The van der Waals surface area contributed by atoms with E-state index in [1.165, 1.54) is 5.56 Å². The van der Waals surface area contributed by atoms with Crippen molar-refractivity contribution in [2.24, 2.45) is 5.73 Å². The SMILES string of the molecule is CC(N)c1cccc(-c2cncn2C(C)C)c1. The van der Waals surface area contributed by atoms with Crippen LogP contribution in [0.25, 0.3) is 11.3 Å². The molecule has 1 unspecified atom stereocenters. The molecule has 1 atom stereocenters. The van der Waals surface area contributed by atoms with Gasteiger partial charge in [0.05, 0.1) is 18.2 Å². The van der Waals surface area contributed by atoms with Gasteiger partial charge in [-0.1, -0.05) is 18.2 Å². The minimum atomic E-state index is 0.0605. The highest BCUT2D eigenvalue weighted by Crippen LogP contribution is 2.24. The van der Waals surface area contributed by atoms with E-state index in [4.69, 9.17) is 5.73 Å². The van der Waals surface area contributed by atoms with Crippen molar-refractivity contribution in [2.75, 3.05) is 0 Å². The Bertz CT molecular complexity index is 498.